The molecule has 216 valence electrons. The Bertz CT molecular complexity index is 1850. The van der Waals surface area contributed by atoms with Crippen molar-refractivity contribution in [2.75, 3.05) is 22.1 Å². The van der Waals surface area contributed by atoms with Crippen LogP contribution in [0, 0.1) is 6.92 Å². The van der Waals surface area contributed by atoms with Crippen LogP contribution in [0.25, 0.3) is 22.0 Å². The van der Waals surface area contributed by atoms with Crippen molar-refractivity contribution >= 4 is 45.5 Å². The molecule has 0 saturated carbocycles. The van der Waals surface area contributed by atoms with E-state index in [4.69, 9.17) is 5.10 Å². The van der Waals surface area contributed by atoms with E-state index in [1.807, 2.05) is 85.8 Å². The first-order valence-electron chi connectivity index (χ1n) is 14.4. The van der Waals surface area contributed by atoms with Gasteiger partial charge in [0.2, 0.25) is 0 Å². The van der Waals surface area contributed by atoms with Gasteiger partial charge in [0.15, 0.2) is 0 Å². The van der Waals surface area contributed by atoms with Crippen LogP contribution in [0.15, 0.2) is 97.3 Å². The molecule has 0 fully saturated rings. The van der Waals surface area contributed by atoms with Crippen molar-refractivity contribution in [1.82, 2.24) is 14.8 Å². The lowest BCUT2D eigenvalue weighted by atomic mass is 9.92. The minimum Gasteiger partial charge on any atom is -0.308 e. The van der Waals surface area contributed by atoms with Crippen LogP contribution >= 0.6 is 0 Å². The average Bonchev–Trinajstić information content (AvgIpc) is 3.42. The maximum absolute atomic E-state index is 13.6. The predicted molar refractivity (Wildman–Crippen MR) is 173 cm³/mol. The summed E-state index contributed by atoms with van der Waals surface area (Å²) in [6.07, 6.45) is 5.68. The van der Waals surface area contributed by atoms with Crippen LogP contribution in [0.4, 0.5) is 22.0 Å². The van der Waals surface area contributed by atoms with Gasteiger partial charge < -0.3 is 10.2 Å². The summed E-state index contributed by atoms with van der Waals surface area (Å²) in [5.41, 5.74) is 5.81. The molecule has 3 aromatic carbocycles. The molecule has 0 bridgehead atoms. The molecule has 0 unspecified atom stereocenters. The van der Waals surface area contributed by atoms with E-state index >= 15 is 0 Å². The van der Waals surface area contributed by atoms with Crippen molar-refractivity contribution in [3.8, 4) is 5.69 Å². The fourth-order valence-corrected chi connectivity index (χ4v) is 5.33. The van der Waals surface area contributed by atoms with Gasteiger partial charge in [0.05, 0.1) is 17.1 Å². The van der Waals surface area contributed by atoms with Crippen molar-refractivity contribution in [1.29, 1.82) is 0 Å². The number of aromatic nitrogens is 3. The van der Waals surface area contributed by atoms with Gasteiger partial charge in [-0.3, -0.25) is 15.1 Å². The summed E-state index contributed by atoms with van der Waals surface area (Å²) < 4.78 is 1.76. The third-order valence-corrected chi connectivity index (χ3v) is 7.64. The number of urea groups is 1. The Labute approximate surface area is 251 Å². The summed E-state index contributed by atoms with van der Waals surface area (Å²) in [4.78, 5) is 32.7. The second-order valence-electron chi connectivity index (χ2n) is 11.8. The first kappa shape index (κ1) is 27.9. The molecule has 2 aromatic heterocycles. The van der Waals surface area contributed by atoms with Gasteiger partial charge in [-0.1, -0.05) is 68.8 Å². The van der Waals surface area contributed by atoms with Crippen molar-refractivity contribution in [3.05, 3.63) is 114 Å². The molecule has 0 saturated heterocycles. The molecule has 2 N–H and O–H groups in total. The highest BCUT2D eigenvalue weighted by atomic mass is 16.2. The molecule has 8 nitrogen and oxygen atoms in total. The number of anilines is 3. The third-order valence-electron chi connectivity index (χ3n) is 7.64. The van der Waals surface area contributed by atoms with Crippen LogP contribution in [0.1, 0.15) is 44.0 Å². The summed E-state index contributed by atoms with van der Waals surface area (Å²) in [6, 6.07) is 25.1. The van der Waals surface area contributed by atoms with E-state index in [1.165, 1.54) is 0 Å². The molecule has 0 spiro atoms. The van der Waals surface area contributed by atoms with E-state index in [9.17, 15) is 9.59 Å². The number of pyridine rings is 1. The highest BCUT2D eigenvalue weighted by Gasteiger charge is 2.25. The Kier molecular flexibility index (Phi) is 7.27. The van der Waals surface area contributed by atoms with Gasteiger partial charge in [0.25, 0.3) is 5.91 Å². The van der Waals surface area contributed by atoms with Gasteiger partial charge in [-0.05, 0) is 60.0 Å². The molecule has 0 radical (unpaired) electrons. The van der Waals surface area contributed by atoms with Gasteiger partial charge in [0.1, 0.15) is 5.82 Å². The maximum atomic E-state index is 13.6. The Balaban J connectivity index is 1.34. The first-order valence-corrected chi connectivity index (χ1v) is 14.4. The maximum Gasteiger partial charge on any atom is 0.324 e. The van der Waals surface area contributed by atoms with Crippen LogP contribution in [-0.4, -0.2) is 33.2 Å². The normalized spacial score (nSPS) is 13.6. The van der Waals surface area contributed by atoms with E-state index in [0.717, 1.165) is 44.5 Å². The quantitative estimate of drug-likeness (QED) is 0.229. The van der Waals surface area contributed by atoms with Crippen LogP contribution in [-0.2, 0) is 10.2 Å². The summed E-state index contributed by atoms with van der Waals surface area (Å²) in [5.74, 6) is 0.459. The van der Waals surface area contributed by atoms with E-state index in [1.54, 1.807) is 28.1 Å². The monoisotopic (exact) mass is 570 g/mol. The minimum absolute atomic E-state index is 0.104. The molecule has 3 amide bonds. The number of nitrogens with one attached hydrogen (secondary N) is 2. The van der Waals surface area contributed by atoms with E-state index < -0.39 is 6.03 Å². The fraction of sp³-hybridized carbons (Fsp3) is 0.200. The SMILES string of the molecule is Cc1ccc(-n2nc(C(C)(C)C)cc2NC(=O)Nc2ccc3ccccc3c2C2=CC(=O)N(c3ccncc3)CC2)cc1. The van der Waals surface area contributed by atoms with Crippen molar-refractivity contribution < 1.29 is 9.59 Å². The lowest BCUT2D eigenvalue weighted by molar-refractivity contribution is -0.114. The lowest BCUT2D eigenvalue weighted by Crippen LogP contribution is -2.33. The van der Waals surface area contributed by atoms with Crippen molar-refractivity contribution in [3.63, 3.8) is 0 Å². The van der Waals surface area contributed by atoms with Gasteiger partial charge in [-0.15, -0.1) is 0 Å². The standard InChI is InChI=1S/C35H34N6O2/c1-23-9-12-27(13-10-23)41-31(22-30(39-41)35(2,3)4)38-34(43)37-29-14-11-24-7-5-6-8-28(24)33(29)25-17-20-40(32(42)21-25)26-15-18-36-19-16-26/h5-16,18-19,21-22H,17,20H2,1-4H3,(H2,37,38,43). The Morgan fingerprint density at radius 1 is 0.884 bits per heavy atom. The molecule has 6 rings (SSSR count). The number of benzene rings is 3. The molecule has 1 aliphatic heterocycles. The number of nitrogens with zero attached hydrogens (tertiary/aromatic N) is 4. The van der Waals surface area contributed by atoms with Crippen LogP contribution in [0.3, 0.4) is 0 Å². The number of rotatable bonds is 5. The van der Waals surface area contributed by atoms with E-state index in [-0.39, 0.29) is 11.3 Å². The number of carbonyl (C=O) groups is 2. The second kappa shape index (κ2) is 11.2. The number of fused-ring (bicyclic) bond motifs is 1. The highest BCUT2D eigenvalue weighted by Crippen LogP contribution is 2.36. The smallest absolute Gasteiger partial charge is 0.308 e. The zero-order valence-electron chi connectivity index (χ0n) is 24.8. The second-order valence-corrected chi connectivity index (χ2v) is 11.8. The summed E-state index contributed by atoms with van der Waals surface area (Å²) >= 11 is 0. The lowest BCUT2D eigenvalue weighted by Gasteiger charge is -2.28. The largest absolute Gasteiger partial charge is 0.324 e. The number of aryl methyl sites for hydroxylation is 1. The van der Waals surface area contributed by atoms with Crippen LogP contribution in [0.2, 0.25) is 0 Å². The molecular formula is C35H34N6O2. The Hall–Kier alpha value is -5.24. The van der Waals surface area contributed by atoms with Crippen LogP contribution < -0.4 is 15.5 Å². The molecule has 0 aliphatic carbocycles. The van der Waals surface area contributed by atoms with Gasteiger partial charge in [-0.25, -0.2) is 9.48 Å². The molecule has 43 heavy (non-hydrogen) atoms. The topological polar surface area (TPSA) is 92.2 Å². The fourth-order valence-electron chi connectivity index (χ4n) is 5.33. The molecule has 5 aromatic rings. The zero-order chi connectivity index (χ0) is 30.1. The van der Waals surface area contributed by atoms with Gasteiger partial charge in [-0.2, -0.15) is 5.10 Å². The minimum atomic E-state index is -0.397. The van der Waals surface area contributed by atoms with Gasteiger partial charge >= 0.3 is 6.03 Å². The van der Waals surface area contributed by atoms with Crippen LogP contribution in [0.5, 0.6) is 0 Å². The predicted octanol–water partition coefficient (Wildman–Crippen LogP) is 7.49. The molecule has 3 heterocycles. The molecule has 1 aliphatic rings. The van der Waals surface area contributed by atoms with Gasteiger partial charge in [0, 0.05) is 47.7 Å². The highest BCUT2D eigenvalue weighted by molar-refractivity contribution is 6.12. The number of hydrogen-bond acceptors (Lipinski definition) is 4. The zero-order valence-corrected chi connectivity index (χ0v) is 24.8. The first-order chi connectivity index (χ1) is 20.7. The number of amides is 3. The number of hydrogen-bond donors (Lipinski definition) is 2. The summed E-state index contributed by atoms with van der Waals surface area (Å²) in [5, 5.41) is 12.9. The molecular weight excluding hydrogens is 536 g/mol. The summed E-state index contributed by atoms with van der Waals surface area (Å²) in [6.45, 7) is 8.83. The summed E-state index contributed by atoms with van der Waals surface area (Å²) in [7, 11) is 0. The Morgan fingerprint density at radius 2 is 1.63 bits per heavy atom. The molecule has 0 atom stereocenters. The van der Waals surface area contributed by atoms with E-state index in [0.29, 0.717) is 24.5 Å². The third kappa shape index (κ3) is 5.77. The average molecular weight is 571 g/mol. The Morgan fingerprint density at radius 3 is 2.35 bits per heavy atom. The molecule has 8 heteroatoms. The van der Waals surface area contributed by atoms with Crippen molar-refractivity contribution in [2.24, 2.45) is 0 Å². The van der Waals surface area contributed by atoms with Crippen molar-refractivity contribution in [2.45, 2.75) is 39.5 Å². The van der Waals surface area contributed by atoms with E-state index in [2.05, 4.69) is 36.4 Å². The number of carbonyl (C=O) groups excluding carboxylic acids is 2.